The van der Waals surface area contributed by atoms with Crippen LogP contribution in [-0.4, -0.2) is 5.11 Å². The van der Waals surface area contributed by atoms with Gasteiger partial charge in [0.2, 0.25) is 0 Å². The molecule has 27 heavy (non-hydrogen) atoms. The number of aromatic hydroxyl groups is 1. The maximum Gasteiger partial charge on any atom is 0.115 e. The lowest BCUT2D eigenvalue weighted by Gasteiger charge is -2.34. The van der Waals surface area contributed by atoms with Gasteiger partial charge in [-0.2, -0.15) is 0 Å². The van der Waals surface area contributed by atoms with E-state index < -0.39 is 0 Å². The Hall–Kier alpha value is -2.54. The van der Waals surface area contributed by atoms with Gasteiger partial charge in [0, 0.05) is 5.92 Å². The largest absolute Gasteiger partial charge is 0.508 e. The lowest BCUT2D eigenvalue weighted by molar-refractivity contribution is 0.473. The first-order chi connectivity index (χ1) is 13.3. The molecule has 1 aliphatic carbocycles. The monoisotopic (exact) mass is 358 g/mol. The molecule has 0 amide bonds. The standard InChI is InChI=1S/C24H24O.C2H6/c1-2-17-7-9-20(10-8-17)24-22-6-4-3-5-18(22)13-16-23(24)19-11-14-21(25)15-12-19;1-2/h3-12,14-15,23-25H,2,13,16H2,1H3;1-2H3. The van der Waals surface area contributed by atoms with E-state index in [1.165, 1.54) is 27.8 Å². The maximum absolute atomic E-state index is 9.65. The van der Waals surface area contributed by atoms with E-state index in [4.69, 9.17) is 0 Å². The van der Waals surface area contributed by atoms with Gasteiger partial charge in [0.25, 0.3) is 0 Å². The number of phenolic OH excluding ortho intramolecular Hbond substituents is 1. The van der Waals surface area contributed by atoms with Crippen LogP contribution in [0.25, 0.3) is 0 Å². The minimum atomic E-state index is 0.337. The fourth-order valence-corrected chi connectivity index (χ4v) is 4.21. The Balaban J connectivity index is 0.00000102. The number of hydrogen-bond acceptors (Lipinski definition) is 1. The molecule has 1 heteroatoms. The van der Waals surface area contributed by atoms with Crippen molar-refractivity contribution in [2.75, 3.05) is 0 Å². The first-order valence-corrected chi connectivity index (χ1v) is 10.2. The van der Waals surface area contributed by atoms with Gasteiger partial charge in [0.15, 0.2) is 0 Å². The van der Waals surface area contributed by atoms with Crippen LogP contribution in [-0.2, 0) is 12.8 Å². The fraction of sp³-hybridized carbons (Fsp3) is 0.308. The van der Waals surface area contributed by atoms with E-state index in [-0.39, 0.29) is 0 Å². The zero-order valence-electron chi connectivity index (χ0n) is 16.7. The third kappa shape index (κ3) is 4.08. The van der Waals surface area contributed by atoms with Gasteiger partial charge >= 0.3 is 0 Å². The van der Waals surface area contributed by atoms with E-state index in [0.717, 1.165) is 19.3 Å². The Morgan fingerprint density at radius 3 is 2.11 bits per heavy atom. The van der Waals surface area contributed by atoms with E-state index in [0.29, 0.717) is 17.6 Å². The maximum atomic E-state index is 9.65. The number of aryl methyl sites for hydroxylation is 2. The smallest absolute Gasteiger partial charge is 0.115 e. The number of hydrogen-bond donors (Lipinski definition) is 1. The Labute approximate surface area is 163 Å². The van der Waals surface area contributed by atoms with Gasteiger partial charge in [-0.15, -0.1) is 0 Å². The normalized spacial score (nSPS) is 18.2. The second-order valence-electron chi connectivity index (χ2n) is 7.01. The lowest BCUT2D eigenvalue weighted by Crippen LogP contribution is -2.20. The summed E-state index contributed by atoms with van der Waals surface area (Å²) in [5.41, 5.74) is 7.02. The number of rotatable bonds is 3. The van der Waals surface area contributed by atoms with Crippen LogP contribution in [0.3, 0.4) is 0 Å². The van der Waals surface area contributed by atoms with Crippen LogP contribution < -0.4 is 0 Å². The van der Waals surface area contributed by atoms with E-state index >= 15 is 0 Å². The number of benzene rings is 3. The highest BCUT2D eigenvalue weighted by atomic mass is 16.3. The van der Waals surface area contributed by atoms with Crippen LogP contribution in [0.2, 0.25) is 0 Å². The highest BCUT2D eigenvalue weighted by Crippen LogP contribution is 2.46. The summed E-state index contributed by atoms with van der Waals surface area (Å²) in [5, 5.41) is 9.65. The van der Waals surface area contributed by atoms with Crippen molar-refractivity contribution in [1.29, 1.82) is 0 Å². The molecule has 1 nitrogen and oxygen atoms in total. The number of phenols is 1. The molecule has 0 saturated carbocycles. The van der Waals surface area contributed by atoms with E-state index in [1.54, 1.807) is 0 Å². The van der Waals surface area contributed by atoms with Crippen molar-refractivity contribution in [3.05, 3.63) is 101 Å². The summed E-state index contributed by atoms with van der Waals surface area (Å²) in [4.78, 5) is 0. The molecule has 140 valence electrons. The van der Waals surface area contributed by atoms with E-state index in [1.807, 2.05) is 26.0 Å². The molecule has 2 unspecified atom stereocenters. The van der Waals surface area contributed by atoms with E-state index in [9.17, 15) is 5.11 Å². The molecule has 1 N–H and O–H groups in total. The van der Waals surface area contributed by atoms with Crippen LogP contribution in [0, 0.1) is 0 Å². The molecule has 3 aromatic carbocycles. The first kappa shape index (κ1) is 19.2. The molecule has 2 atom stereocenters. The Bertz CT molecular complexity index is 846. The highest BCUT2D eigenvalue weighted by Gasteiger charge is 2.31. The van der Waals surface area contributed by atoms with Gasteiger partial charge in [-0.25, -0.2) is 0 Å². The predicted octanol–water partition coefficient (Wildman–Crippen LogP) is 6.84. The molecule has 0 radical (unpaired) electrons. The quantitative estimate of drug-likeness (QED) is 0.543. The van der Waals surface area contributed by atoms with Crippen LogP contribution in [0.5, 0.6) is 5.75 Å². The van der Waals surface area contributed by atoms with Crippen LogP contribution in [0.4, 0.5) is 0 Å². The van der Waals surface area contributed by atoms with Gasteiger partial charge in [-0.3, -0.25) is 0 Å². The fourth-order valence-electron chi connectivity index (χ4n) is 4.21. The first-order valence-electron chi connectivity index (χ1n) is 10.2. The molecular formula is C26H30O. The van der Waals surface area contributed by atoms with Gasteiger partial charge in [-0.1, -0.05) is 81.4 Å². The van der Waals surface area contributed by atoms with Crippen molar-refractivity contribution in [2.24, 2.45) is 0 Å². The molecule has 0 fully saturated rings. The minimum Gasteiger partial charge on any atom is -0.508 e. The molecule has 1 aliphatic rings. The molecule has 0 spiro atoms. The summed E-state index contributed by atoms with van der Waals surface area (Å²) in [7, 11) is 0. The molecule has 0 heterocycles. The lowest BCUT2D eigenvalue weighted by atomic mass is 9.69. The molecule has 0 aromatic heterocycles. The summed E-state index contributed by atoms with van der Waals surface area (Å²) < 4.78 is 0. The van der Waals surface area contributed by atoms with Crippen LogP contribution in [0.15, 0.2) is 72.8 Å². The van der Waals surface area contributed by atoms with Crippen LogP contribution >= 0.6 is 0 Å². The van der Waals surface area contributed by atoms with Gasteiger partial charge in [0.1, 0.15) is 5.75 Å². The topological polar surface area (TPSA) is 20.2 Å². The van der Waals surface area contributed by atoms with Gasteiger partial charge in [0.05, 0.1) is 0 Å². The van der Waals surface area contributed by atoms with Crippen LogP contribution in [0.1, 0.15) is 66.8 Å². The van der Waals surface area contributed by atoms with Crippen molar-refractivity contribution in [3.63, 3.8) is 0 Å². The number of fused-ring (bicyclic) bond motifs is 1. The molecular weight excluding hydrogens is 328 g/mol. The van der Waals surface area contributed by atoms with Crippen molar-refractivity contribution in [1.82, 2.24) is 0 Å². The summed E-state index contributed by atoms with van der Waals surface area (Å²) in [6.07, 6.45) is 3.33. The third-order valence-electron chi connectivity index (χ3n) is 5.59. The van der Waals surface area contributed by atoms with Gasteiger partial charge < -0.3 is 5.11 Å². The van der Waals surface area contributed by atoms with Crippen molar-refractivity contribution in [2.45, 2.75) is 51.9 Å². The van der Waals surface area contributed by atoms with Gasteiger partial charge in [-0.05, 0) is 65.1 Å². The molecule has 0 bridgehead atoms. The zero-order chi connectivity index (χ0) is 19.2. The summed E-state index contributed by atoms with van der Waals surface area (Å²) in [5.74, 6) is 1.16. The predicted molar refractivity (Wildman–Crippen MR) is 115 cm³/mol. The molecule has 4 rings (SSSR count). The molecule has 0 saturated heterocycles. The average molecular weight is 359 g/mol. The average Bonchev–Trinajstić information content (AvgIpc) is 2.75. The molecule has 3 aromatic rings. The highest BCUT2D eigenvalue weighted by molar-refractivity contribution is 5.45. The summed E-state index contributed by atoms with van der Waals surface area (Å²) in [6.45, 7) is 6.20. The zero-order valence-corrected chi connectivity index (χ0v) is 16.7. The second-order valence-corrected chi connectivity index (χ2v) is 7.01. The summed E-state index contributed by atoms with van der Waals surface area (Å²) >= 11 is 0. The van der Waals surface area contributed by atoms with Crippen molar-refractivity contribution in [3.8, 4) is 5.75 Å². The Morgan fingerprint density at radius 2 is 1.44 bits per heavy atom. The Kier molecular flexibility index (Phi) is 6.34. The van der Waals surface area contributed by atoms with Crippen molar-refractivity contribution < 1.29 is 5.11 Å². The van der Waals surface area contributed by atoms with Crippen molar-refractivity contribution >= 4 is 0 Å². The minimum absolute atomic E-state index is 0.337. The molecule has 0 aliphatic heterocycles. The van der Waals surface area contributed by atoms with E-state index in [2.05, 4.69) is 67.6 Å². The second kappa shape index (κ2) is 8.90. The summed E-state index contributed by atoms with van der Waals surface area (Å²) in [6, 6.07) is 25.8. The third-order valence-corrected chi connectivity index (χ3v) is 5.59. The SMILES string of the molecule is CC.CCc1ccc(C2c3ccccc3CCC2c2ccc(O)cc2)cc1. The Morgan fingerprint density at radius 1 is 0.815 bits per heavy atom.